The van der Waals surface area contributed by atoms with Crippen molar-refractivity contribution in [3.8, 4) is 0 Å². The van der Waals surface area contributed by atoms with Crippen LogP contribution in [0.3, 0.4) is 0 Å². The van der Waals surface area contributed by atoms with Crippen LogP contribution in [0.1, 0.15) is 5.56 Å². The van der Waals surface area contributed by atoms with Gasteiger partial charge in [-0.15, -0.1) is 0 Å². The molecule has 2 aliphatic rings. The third-order valence-electron chi connectivity index (χ3n) is 3.24. The fourth-order valence-electron chi connectivity index (χ4n) is 2.30. The Bertz CT molecular complexity index is 402. The second-order valence-corrected chi connectivity index (χ2v) is 4.46. The first-order valence-corrected chi connectivity index (χ1v) is 5.55. The number of hydrogen-bond donors (Lipinski definition) is 2. The molecular weight excluding hydrogens is 204 g/mol. The van der Waals surface area contributed by atoms with E-state index in [1.807, 2.05) is 24.3 Å². The molecule has 16 heavy (non-hydrogen) atoms. The van der Waals surface area contributed by atoms with E-state index in [1.165, 1.54) is 5.56 Å². The molecule has 4 heteroatoms. The summed E-state index contributed by atoms with van der Waals surface area (Å²) in [6.45, 7) is 0.959. The van der Waals surface area contributed by atoms with Gasteiger partial charge in [0.1, 0.15) is 6.04 Å². The molecule has 4 nitrogen and oxygen atoms in total. The molecule has 0 aromatic heterocycles. The summed E-state index contributed by atoms with van der Waals surface area (Å²) in [5.74, 6) is 0.0986. The number of benzene rings is 1. The summed E-state index contributed by atoms with van der Waals surface area (Å²) in [5, 5.41) is 12.4. The molecule has 1 aromatic rings. The number of rotatable bonds is 1. The Kier molecular flexibility index (Phi) is 2.11. The van der Waals surface area contributed by atoms with Gasteiger partial charge in [0.05, 0.1) is 6.10 Å². The van der Waals surface area contributed by atoms with Gasteiger partial charge in [-0.25, -0.2) is 0 Å². The maximum Gasteiger partial charge on any atom is 0.245 e. The number of nitrogens with one attached hydrogen (secondary N) is 1. The molecule has 1 aromatic carbocycles. The van der Waals surface area contributed by atoms with Crippen LogP contribution >= 0.6 is 0 Å². The highest BCUT2D eigenvalue weighted by Gasteiger charge is 2.35. The number of anilines is 1. The third-order valence-corrected chi connectivity index (χ3v) is 3.24. The lowest BCUT2D eigenvalue weighted by molar-refractivity contribution is -0.141. The van der Waals surface area contributed by atoms with Gasteiger partial charge < -0.3 is 15.3 Å². The number of amides is 1. The van der Waals surface area contributed by atoms with E-state index in [9.17, 15) is 4.79 Å². The maximum atomic E-state index is 12.0. The summed E-state index contributed by atoms with van der Waals surface area (Å²) in [6, 6.07) is 7.84. The van der Waals surface area contributed by atoms with E-state index in [0.29, 0.717) is 13.1 Å². The van der Waals surface area contributed by atoms with Gasteiger partial charge in [-0.2, -0.15) is 0 Å². The fraction of sp³-hybridized carbons (Fsp3) is 0.417. The molecule has 1 fully saturated rings. The highest BCUT2D eigenvalue weighted by molar-refractivity contribution is 5.88. The molecule has 1 atom stereocenters. The average Bonchev–Trinajstić information content (AvgIpc) is 2.67. The zero-order chi connectivity index (χ0) is 11.1. The van der Waals surface area contributed by atoms with Gasteiger partial charge in [0.15, 0.2) is 0 Å². The Morgan fingerprint density at radius 2 is 2.12 bits per heavy atom. The molecule has 2 N–H and O–H groups in total. The van der Waals surface area contributed by atoms with Gasteiger partial charge in [0.25, 0.3) is 0 Å². The first-order chi connectivity index (χ1) is 7.74. The van der Waals surface area contributed by atoms with Crippen LogP contribution in [0.15, 0.2) is 24.3 Å². The molecule has 0 aliphatic carbocycles. The Hall–Kier alpha value is -1.55. The van der Waals surface area contributed by atoms with Crippen LogP contribution in [0.5, 0.6) is 0 Å². The zero-order valence-electron chi connectivity index (χ0n) is 8.89. The van der Waals surface area contributed by atoms with Crippen LogP contribution in [-0.4, -0.2) is 41.1 Å². The molecule has 3 rings (SSSR count). The molecule has 0 saturated carbocycles. The summed E-state index contributed by atoms with van der Waals surface area (Å²) >= 11 is 0. The number of β-amino-alcohol motifs (C(OH)–C–C–N with tert-alkyl or cyclic N) is 1. The first-order valence-electron chi connectivity index (χ1n) is 5.55. The molecule has 1 saturated heterocycles. The monoisotopic (exact) mass is 218 g/mol. The summed E-state index contributed by atoms with van der Waals surface area (Å²) in [6.07, 6.45) is 0.425. The molecule has 0 radical (unpaired) electrons. The number of para-hydroxylation sites is 1. The van der Waals surface area contributed by atoms with Gasteiger partial charge >= 0.3 is 0 Å². The van der Waals surface area contributed by atoms with Crippen LogP contribution in [0.2, 0.25) is 0 Å². The molecule has 0 bridgehead atoms. The topological polar surface area (TPSA) is 52.6 Å². The van der Waals surface area contributed by atoms with E-state index in [-0.39, 0.29) is 18.1 Å². The minimum absolute atomic E-state index is 0.0986. The van der Waals surface area contributed by atoms with Crippen molar-refractivity contribution in [2.75, 3.05) is 18.4 Å². The summed E-state index contributed by atoms with van der Waals surface area (Å²) in [4.78, 5) is 13.7. The summed E-state index contributed by atoms with van der Waals surface area (Å²) in [7, 11) is 0. The summed E-state index contributed by atoms with van der Waals surface area (Å²) in [5.41, 5.74) is 2.25. The number of likely N-dealkylation sites (tertiary alicyclic amines) is 1. The predicted molar refractivity (Wildman–Crippen MR) is 60.1 cm³/mol. The molecule has 84 valence electrons. The minimum atomic E-state index is -0.326. The van der Waals surface area contributed by atoms with Gasteiger partial charge in [-0.05, 0) is 11.6 Å². The van der Waals surface area contributed by atoms with E-state index < -0.39 is 0 Å². The second-order valence-electron chi connectivity index (χ2n) is 4.46. The standard InChI is InChI=1S/C12H14N2O2/c15-9-6-14(7-9)12(16)11-5-8-3-1-2-4-10(8)13-11/h1-4,9,11,13,15H,5-7H2. The molecular formula is C12H14N2O2. The predicted octanol–water partition coefficient (Wildman–Crippen LogP) is 0.226. The Labute approximate surface area is 93.9 Å². The van der Waals surface area contributed by atoms with Crippen LogP contribution in [0.25, 0.3) is 0 Å². The van der Waals surface area contributed by atoms with Gasteiger partial charge in [0, 0.05) is 25.2 Å². The van der Waals surface area contributed by atoms with Crippen LogP contribution in [0.4, 0.5) is 5.69 Å². The van der Waals surface area contributed by atoms with E-state index in [4.69, 9.17) is 5.11 Å². The van der Waals surface area contributed by atoms with Crippen LogP contribution < -0.4 is 5.32 Å². The third kappa shape index (κ3) is 1.46. The minimum Gasteiger partial charge on any atom is -0.389 e. The lowest BCUT2D eigenvalue weighted by atomic mass is 10.1. The zero-order valence-corrected chi connectivity index (χ0v) is 8.89. The molecule has 0 spiro atoms. The largest absolute Gasteiger partial charge is 0.389 e. The Morgan fingerprint density at radius 1 is 1.38 bits per heavy atom. The number of aliphatic hydroxyl groups excluding tert-OH is 1. The average molecular weight is 218 g/mol. The van der Waals surface area contributed by atoms with Crippen LogP contribution in [0, 0.1) is 0 Å². The Morgan fingerprint density at radius 3 is 2.81 bits per heavy atom. The van der Waals surface area contributed by atoms with E-state index in [2.05, 4.69) is 5.32 Å². The highest BCUT2D eigenvalue weighted by atomic mass is 16.3. The molecule has 1 amide bonds. The highest BCUT2D eigenvalue weighted by Crippen LogP contribution is 2.26. The van der Waals surface area contributed by atoms with Crippen molar-refractivity contribution in [3.63, 3.8) is 0 Å². The number of carbonyl (C=O) groups is 1. The quantitative estimate of drug-likeness (QED) is 0.709. The molecule has 2 aliphatic heterocycles. The maximum absolute atomic E-state index is 12.0. The molecule has 1 unspecified atom stereocenters. The fourth-order valence-corrected chi connectivity index (χ4v) is 2.30. The van der Waals surface area contributed by atoms with Crippen molar-refractivity contribution in [2.24, 2.45) is 0 Å². The second kappa shape index (κ2) is 3.49. The van der Waals surface area contributed by atoms with Gasteiger partial charge in [0.2, 0.25) is 5.91 Å². The lowest BCUT2D eigenvalue weighted by Crippen LogP contribution is -2.57. The van der Waals surface area contributed by atoms with Crippen molar-refractivity contribution < 1.29 is 9.90 Å². The van der Waals surface area contributed by atoms with Crippen molar-refractivity contribution >= 4 is 11.6 Å². The smallest absolute Gasteiger partial charge is 0.245 e. The SMILES string of the molecule is O=C(C1Cc2ccccc2N1)N1CC(O)C1. The van der Waals surface area contributed by atoms with Crippen molar-refractivity contribution in [3.05, 3.63) is 29.8 Å². The first kappa shape index (κ1) is 9.66. The van der Waals surface area contributed by atoms with E-state index in [1.54, 1.807) is 4.90 Å². The van der Waals surface area contributed by atoms with E-state index in [0.717, 1.165) is 12.1 Å². The number of carbonyl (C=O) groups excluding carboxylic acids is 1. The van der Waals surface area contributed by atoms with Crippen LogP contribution in [-0.2, 0) is 11.2 Å². The number of nitrogens with zero attached hydrogens (tertiary/aromatic N) is 1. The van der Waals surface area contributed by atoms with Gasteiger partial charge in [-0.1, -0.05) is 18.2 Å². The normalized spacial score (nSPS) is 23.6. The number of aliphatic hydroxyl groups is 1. The summed E-state index contributed by atoms with van der Waals surface area (Å²) < 4.78 is 0. The lowest BCUT2D eigenvalue weighted by Gasteiger charge is -2.37. The van der Waals surface area contributed by atoms with Crippen molar-refractivity contribution in [1.82, 2.24) is 4.90 Å². The van der Waals surface area contributed by atoms with Gasteiger partial charge in [-0.3, -0.25) is 4.79 Å². The van der Waals surface area contributed by atoms with Crippen molar-refractivity contribution in [2.45, 2.75) is 18.6 Å². The van der Waals surface area contributed by atoms with E-state index >= 15 is 0 Å². The number of fused-ring (bicyclic) bond motifs is 1. The Balaban J connectivity index is 1.69. The number of hydrogen-bond acceptors (Lipinski definition) is 3. The van der Waals surface area contributed by atoms with Crippen molar-refractivity contribution in [1.29, 1.82) is 0 Å². The molecule has 2 heterocycles.